The highest BCUT2D eigenvalue weighted by atomic mass is 16.5. The Labute approximate surface area is 103 Å². The fourth-order valence-corrected chi connectivity index (χ4v) is 2.21. The lowest BCUT2D eigenvalue weighted by atomic mass is 9.95. The number of hydrogen-bond donors (Lipinski definition) is 2. The number of ether oxygens (including phenoxy) is 1. The van der Waals surface area contributed by atoms with E-state index in [9.17, 15) is 0 Å². The Bertz CT molecular complexity index is 401. The summed E-state index contributed by atoms with van der Waals surface area (Å²) in [4.78, 5) is 0. The molecule has 92 valence electrons. The van der Waals surface area contributed by atoms with E-state index >= 15 is 0 Å². The number of hydrazine groups is 1. The van der Waals surface area contributed by atoms with E-state index in [1.165, 1.54) is 16.7 Å². The molecule has 0 saturated carbocycles. The van der Waals surface area contributed by atoms with Crippen LogP contribution in [-0.2, 0) is 11.2 Å². The van der Waals surface area contributed by atoms with Gasteiger partial charge in [0, 0.05) is 6.04 Å². The average Bonchev–Trinajstić information content (AvgIpc) is 2.37. The van der Waals surface area contributed by atoms with Crippen LogP contribution in [0.5, 0.6) is 0 Å². The summed E-state index contributed by atoms with van der Waals surface area (Å²) in [5, 5.41) is 0. The van der Waals surface area contributed by atoms with Crippen LogP contribution in [0.25, 0.3) is 0 Å². The van der Waals surface area contributed by atoms with Gasteiger partial charge in [-0.15, -0.1) is 0 Å². The van der Waals surface area contributed by atoms with Crippen molar-refractivity contribution in [1.82, 2.24) is 5.43 Å². The van der Waals surface area contributed by atoms with Gasteiger partial charge in [-0.05, 0) is 37.3 Å². The Morgan fingerprint density at radius 1 is 1.47 bits per heavy atom. The lowest BCUT2D eigenvalue weighted by molar-refractivity contribution is 0.219. The highest BCUT2D eigenvalue weighted by Gasteiger charge is 2.16. The predicted octanol–water partition coefficient (Wildman–Crippen LogP) is 2.06. The number of aryl methyl sites for hydroxylation is 1. The van der Waals surface area contributed by atoms with Gasteiger partial charge in [-0.3, -0.25) is 11.3 Å². The molecule has 0 amide bonds. The Morgan fingerprint density at radius 2 is 2.35 bits per heavy atom. The maximum atomic E-state index is 5.64. The smallest absolute Gasteiger partial charge is 0.0876 e. The third-order valence-electron chi connectivity index (χ3n) is 3.13. The molecule has 17 heavy (non-hydrogen) atoms. The summed E-state index contributed by atoms with van der Waals surface area (Å²) < 4.78 is 5.37. The number of benzene rings is 1. The SMILES string of the molecule is Cc1cccc(CC(NN)C2=COCCC2)c1. The van der Waals surface area contributed by atoms with Crippen LogP contribution in [0.1, 0.15) is 24.0 Å². The molecular weight excluding hydrogens is 212 g/mol. The van der Waals surface area contributed by atoms with Gasteiger partial charge in [0.05, 0.1) is 12.9 Å². The molecule has 1 aromatic rings. The quantitative estimate of drug-likeness (QED) is 0.617. The first-order chi connectivity index (χ1) is 8.29. The average molecular weight is 232 g/mol. The molecule has 0 aromatic heterocycles. The largest absolute Gasteiger partial charge is 0.501 e. The molecule has 1 aromatic carbocycles. The zero-order chi connectivity index (χ0) is 12.1. The summed E-state index contributed by atoms with van der Waals surface area (Å²) in [6.45, 7) is 2.93. The first-order valence-electron chi connectivity index (χ1n) is 6.12. The van der Waals surface area contributed by atoms with E-state index < -0.39 is 0 Å². The second-order valence-electron chi connectivity index (χ2n) is 4.58. The molecule has 1 heterocycles. The maximum absolute atomic E-state index is 5.64. The van der Waals surface area contributed by atoms with Gasteiger partial charge in [-0.25, -0.2) is 0 Å². The van der Waals surface area contributed by atoms with Gasteiger partial charge in [-0.1, -0.05) is 29.8 Å². The van der Waals surface area contributed by atoms with E-state index in [0.29, 0.717) is 0 Å². The van der Waals surface area contributed by atoms with Gasteiger partial charge in [0.15, 0.2) is 0 Å². The van der Waals surface area contributed by atoms with Crippen LogP contribution in [0.4, 0.5) is 0 Å². The summed E-state index contributed by atoms with van der Waals surface area (Å²) in [6.07, 6.45) is 4.93. The van der Waals surface area contributed by atoms with Crippen LogP contribution in [0.3, 0.4) is 0 Å². The Hall–Kier alpha value is -1.32. The van der Waals surface area contributed by atoms with Crippen LogP contribution in [0.15, 0.2) is 36.1 Å². The summed E-state index contributed by atoms with van der Waals surface area (Å²) in [6, 6.07) is 8.72. The molecule has 0 fully saturated rings. The van der Waals surface area contributed by atoms with Crippen LogP contribution in [0, 0.1) is 6.92 Å². The summed E-state index contributed by atoms with van der Waals surface area (Å²) >= 11 is 0. The summed E-state index contributed by atoms with van der Waals surface area (Å²) in [5.74, 6) is 5.64. The van der Waals surface area contributed by atoms with Crippen molar-refractivity contribution in [2.45, 2.75) is 32.2 Å². The molecule has 0 bridgehead atoms. The molecule has 0 aliphatic carbocycles. The van der Waals surface area contributed by atoms with Gasteiger partial charge < -0.3 is 4.74 Å². The Kier molecular flexibility index (Phi) is 4.18. The number of nitrogens with one attached hydrogen (secondary N) is 1. The van der Waals surface area contributed by atoms with Crippen molar-refractivity contribution >= 4 is 0 Å². The van der Waals surface area contributed by atoms with Gasteiger partial charge in [0.1, 0.15) is 0 Å². The minimum atomic E-state index is 0.178. The third-order valence-corrected chi connectivity index (χ3v) is 3.13. The molecule has 1 unspecified atom stereocenters. The minimum absolute atomic E-state index is 0.178. The van der Waals surface area contributed by atoms with Crippen LogP contribution < -0.4 is 11.3 Å². The van der Waals surface area contributed by atoms with Crippen molar-refractivity contribution < 1.29 is 4.74 Å². The lowest BCUT2D eigenvalue weighted by Gasteiger charge is -2.22. The molecule has 3 N–H and O–H groups in total. The molecule has 0 radical (unpaired) electrons. The van der Waals surface area contributed by atoms with Crippen LogP contribution >= 0.6 is 0 Å². The minimum Gasteiger partial charge on any atom is -0.501 e. The monoisotopic (exact) mass is 232 g/mol. The number of nitrogens with two attached hydrogens (primary N) is 1. The number of hydrogen-bond acceptors (Lipinski definition) is 3. The third kappa shape index (κ3) is 3.32. The van der Waals surface area contributed by atoms with Crippen LogP contribution in [0.2, 0.25) is 0 Å². The predicted molar refractivity (Wildman–Crippen MR) is 69.3 cm³/mol. The van der Waals surface area contributed by atoms with Gasteiger partial charge >= 0.3 is 0 Å². The molecule has 1 aliphatic rings. The molecule has 2 rings (SSSR count). The van der Waals surface area contributed by atoms with Crippen molar-refractivity contribution in [3.05, 3.63) is 47.2 Å². The summed E-state index contributed by atoms with van der Waals surface area (Å²) in [7, 11) is 0. The summed E-state index contributed by atoms with van der Waals surface area (Å²) in [5.41, 5.74) is 6.74. The Morgan fingerprint density at radius 3 is 3.00 bits per heavy atom. The van der Waals surface area contributed by atoms with Gasteiger partial charge in [0.25, 0.3) is 0 Å². The van der Waals surface area contributed by atoms with Crippen molar-refractivity contribution in [2.75, 3.05) is 6.61 Å². The highest BCUT2D eigenvalue weighted by Crippen LogP contribution is 2.18. The normalized spacial score (nSPS) is 17.2. The first kappa shape index (κ1) is 12.1. The fourth-order valence-electron chi connectivity index (χ4n) is 2.21. The van der Waals surface area contributed by atoms with Gasteiger partial charge in [0.2, 0.25) is 0 Å². The maximum Gasteiger partial charge on any atom is 0.0876 e. The topological polar surface area (TPSA) is 47.3 Å². The van der Waals surface area contributed by atoms with Crippen molar-refractivity contribution in [1.29, 1.82) is 0 Å². The zero-order valence-corrected chi connectivity index (χ0v) is 10.3. The van der Waals surface area contributed by atoms with Crippen LogP contribution in [-0.4, -0.2) is 12.6 Å². The van der Waals surface area contributed by atoms with Gasteiger partial charge in [-0.2, -0.15) is 0 Å². The molecule has 1 atom stereocenters. The molecule has 1 aliphatic heterocycles. The second kappa shape index (κ2) is 5.84. The fraction of sp³-hybridized carbons (Fsp3) is 0.429. The second-order valence-corrected chi connectivity index (χ2v) is 4.58. The molecule has 0 spiro atoms. The highest BCUT2D eigenvalue weighted by molar-refractivity contribution is 5.25. The van der Waals surface area contributed by atoms with E-state index in [2.05, 4.69) is 36.6 Å². The number of rotatable bonds is 4. The standard InChI is InChI=1S/C14H20N2O/c1-11-4-2-5-12(8-11)9-14(16-15)13-6-3-7-17-10-13/h2,4-5,8,10,14,16H,3,6-7,9,15H2,1H3. The Balaban J connectivity index is 2.06. The zero-order valence-electron chi connectivity index (χ0n) is 10.3. The van der Waals surface area contributed by atoms with E-state index in [0.717, 1.165) is 25.9 Å². The van der Waals surface area contributed by atoms with Crippen molar-refractivity contribution in [2.24, 2.45) is 5.84 Å². The molecule has 3 nitrogen and oxygen atoms in total. The van der Waals surface area contributed by atoms with Crippen molar-refractivity contribution in [3.63, 3.8) is 0 Å². The van der Waals surface area contributed by atoms with E-state index in [1.807, 2.05) is 6.26 Å². The molecule has 0 saturated heterocycles. The van der Waals surface area contributed by atoms with E-state index in [4.69, 9.17) is 10.6 Å². The molecular formula is C14H20N2O. The van der Waals surface area contributed by atoms with E-state index in [-0.39, 0.29) is 6.04 Å². The molecule has 3 heteroatoms. The lowest BCUT2D eigenvalue weighted by Crippen LogP contribution is -2.39. The first-order valence-corrected chi connectivity index (χ1v) is 6.12. The van der Waals surface area contributed by atoms with Crippen molar-refractivity contribution in [3.8, 4) is 0 Å². The van der Waals surface area contributed by atoms with E-state index in [1.54, 1.807) is 0 Å².